The number of aliphatic hydroxyl groups is 1. The highest BCUT2D eigenvalue weighted by Crippen LogP contribution is 2.25. The summed E-state index contributed by atoms with van der Waals surface area (Å²) in [4.78, 5) is 0. The zero-order valence-electron chi connectivity index (χ0n) is 12.9. The maximum absolute atomic E-state index is 13.2. The highest BCUT2D eigenvalue weighted by atomic mass is 19.1. The fraction of sp³-hybridized carbons (Fsp3) is 0.333. The molecule has 0 heterocycles. The van der Waals surface area contributed by atoms with E-state index in [1.54, 1.807) is 19.2 Å². The van der Waals surface area contributed by atoms with E-state index >= 15 is 0 Å². The molecule has 118 valence electrons. The first-order chi connectivity index (χ1) is 10.6. The molecule has 4 heteroatoms. The Morgan fingerprint density at radius 3 is 2.09 bits per heavy atom. The molecular weight excluding hydrogens is 281 g/mol. The van der Waals surface area contributed by atoms with Crippen molar-refractivity contribution in [3.63, 3.8) is 0 Å². The molecule has 0 amide bonds. The number of nitrogens with one attached hydrogen (secondary N) is 1. The van der Waals surface area contributed by atoms with E-state index < -0.39 is 0 Å². The number of aliphatic hydroxyl groups excluding tert-OH is 1. The lowest BCUT2D eigenvalue weighted by molar-refractivity contribution is 0.266. The smallest absolute Gasteiger partial charge is 0.123 e. The highest BCUT2D eigenvalue weighted by Gasteiger charge is 2.16. The van der Waals surface area contributed by atoms with Crippen LogP contribution in [0.5, 0.6) is 5.75 Å². The van der Waals surface area contributed by atoms with Crippen LogP contribution in [-0.2, 0) is 0 Å². The van der Waals surface area contributed by atoms with Crippen molar-refractivity contribution in [3.8, 4) is 5.75 Å². The van der Waals surface area contributed by atoms with Crippen LogP contribution < -0.4 is 10.1 Å². The third-order valence-corrected chi connectivity index (χ3v) is 3.67. The molecule has 2 aromatic rings. The summed E-state index contributed by atoms with van der Waals surface area (Å²) in [6.45, 7) is 2.16. The third-order valence-electron chi connectivity index (χ3n) is 3.67. The molecule has 2 N–H and O–H groups in total. The lowest BCUT2D eigenvalue weighted by Gasteiger charge is -2.24. The minimum atomic E-state index is -0.249. The van der Waals surface area contributed by atoms with Gasteiger partial charge < -0.3 is 15.2 Å². The number of methoxy groups -OCH3 is 1. The maximum atomic E-state index is 13.2. The van der Waals surface area contributed by atoms with Crippen LogP contribution in [0.15, 0.2) is 48.5 Å². The van der Waals surface area contributed by atoms with Crippen LogP contribution in [0.2, 0.25) is 0 Å². The Hall–Kier alpha value is -1.91. The van der Waals surface area contributed by atoms with E-state index in [2.05, 4.69) is 5.32 Å². The molecule has 0 saturated carbocycles. The van der Waals surface area contributed by atoms with E-state index in [9.17, 15) is 4.39 Å². The van der Waals surface area contributed by atoms with E-state index in [0.29, 0.717) is 6.42 Å². The molecule has 2 rings (SSSR count). The van der Waals surface area contributed by atoms with Crippen LogP contribution in [0.4, 0.5) is 4.39 Å². The second kappa shape index (κ2) is 7.92. The molecular formula is C18H22FNO2. The van der Waals surface area contributed by atoms with Crippen molar-refractivity contribution in [3.05, 3.63) is 65.5 Å². The summed E-state index contributed by atoms with van der Waals surface area (Å²) in [5.41, 5.74) is 2.05. The topological polar surface area (TPSA) is 41.5 Å². The Balaban J connectivity index is 2.28. The molecule has 2 aromatic carbocycles. The fourth-order valence-corrected chi connectivity index (χ4v) is 2.40. The lowest BCUT2D eigenvalue weighted by Crippen LogP contribution is -2.32. The summed E-state index contributed by atoms with van der Waals surface area (Å²) in [6.07, 6.45) is 0.661. The second-order valence-corrected chi connectivity index (χ2v) is 5.34. The fourth-order valence-electron chi connectivity index (χ4n) is 2.40. The zero-order valence-corrected chi connectivity index (χ0v) is 12.9. The second-order valence-electron chi connectivity index (χ2n) is 5.34. The number of hydrogen-bond acceptors (Lipinski definition) is 3. The van der Waals surface area contributed by atoms with Gasteiger partial charge in [-0.15, -0.1) is 0 Å². The van der Waals surface area contributed by atoms with E-state index in [-0.39, 0.29) is 24.5 Å². The van der Waals surface area contributed by atoms with Gasteiger partial charge in [0.15, 0.2) is 0 Å². The van der Waals surface area contributed by atoms with E-state index in [4.69, 9.17) is 9.84 Å². The van der Waals surface area contributed by atoms with Gasteiger partial charge in [0.25, 0.3) is 0 Å². The van der Waals surface area contributed by atoms with E-state index in [1.807, 2.05) is 31.2 Å². The summed E-state index contributed by atoms with van der Waals surface area (Å²) in [5, 5.41) is 12.6. The van der Waals surface area contributed by atoms with Crippen molar-refractivity contribution in [2.24, 2.45) is 0 Å². The first-order valence-electron chi connectivity index (χ1n) is 7.40. The molecule has 0 aliphatic rings. The molecule has 0 fully saturated rings. The van der Waals surface area contributed by atoms with Crippen LogP contribution in [0.3, 0.4) is 0 Å². The number of rotatable bonds is 7. The van der Waals surface area contributed by atoms with E-state index in [1.165, 1.54) is 12.1 Å². The predicted molar refractivity (Wildman–Crippen MR) is 85.5 cm³/mol. The summed E-state index contributed by atoms with van der Waals surface area (Å²) in [6, 6.07) is 14.4. The average Bonchev–Trinajstić information content (AvgIpc) is 2.54. The van der Waals surface area contributed by atoms with Crippen LogP contribution >= 0.6 is 0 Å². The van der Waals surface area contributed by atoms with Gasteiger partial charge in [-0.25, -0.2) is 4.39 Å². The van der Waals surface area contributed by atoms with Crippen molar-refractivity contribution in [2.45, 2.75) is 25.4 Å². The number of hydrogen-bond donors (Lipinski definition) is 2. The molecule has 0 aromatic heterocycles. The molecule has 0 aliphatic carbocycles. The summed E-state index contributed by atoms with van der Waals surface area (Å²) in [7, 11) is 1.63. The number of benzene rings is 2. The molecule has 3 nitrogen and oxygen atoms in total. The predicted octanol–water partition coefficient (Wildman–Crippen LogP) is 3.28. The van der Waals surface area contributed by atoms with Gasteiger partial charge in [0.1, 0.15) is 11.6 Å². The number of ether oxygens (including phenoxy) is 1. The lowest BCUT2D eigenvalue weighted by atomic mass is 9.97. The zero-order chi connectivity index (χ0) is 15.9. The summed E-state index contributed by atoms with van der Waals surface area (Å²) >= 11 is 0. The van der Waals surface area contributed by atoms with Crippen molar-refractivity contribution < 1.29 is 14.2 Å². The van der Waals surface area contributed by atoms with Gasteiger partial charge >= 0.3 is 0 Å². The highest BCUT2D eigenvalue weighted by molar-refractivity contribution is 5.35. The molecule has 0 spiro atoms. The molecule has 2 atom stereocenters. The molecule has 2 unspecified atom stereocenters. The molecule has 0 aliphatic heterocycles. The van der Waals surface area contributed by atoms with Gasteiger partial charge in [-0.1, -0.05) is 24.3 Å². The van der Waals surface area contributed by atoms with Gasteiger partial charge in [-0.05, 0) is 48.7 Å². The molecule has 0 radical (unpaired) electrons. The van der Waals surface area contributed by atoms with Crippen LogP contribution in [0.1, 0.15) is 30.5 Å². The molecule has 22 heavy (non-hydrogen) atoms. The quantitative estimate of drug-likeness (QED) is 0.825. The minimum absolute atomic E-state index is 0.0620. The standard InChI is InChI=1S/C18H22FNO2/c1-13(11-12-21)20-18(14-3-7-16(19)8-4-14)15-5-9-17(22-2)10-6-15/h3-10,13,18,20-21H,11-12H2,1-2H3. The van der Waals surface area contributed by atoms with Crippen molar-refractivity contribution in [2.75, 3.05) is 13.7 Å². The summed E-state index contributed by atoms with van der Waals surface area (Å²) in [5.74, 6) is 0.547. The van der Waals surface area contributed by atoms with Gasteiger partial charge in [0, 0.05) is 12.6 Å². The Bertz CT molecular complexity index is 569. The van der Waals surface area contributed by atoms with Crippen LogP contribution in [-0.4, -0.2) is 24.9 Å². The first-order valence-corrected chi connectivity index (χ1v) is 7.40. The Labute approximate surface area is 130 Å². The van der Waals surface area contributed by atoms with Gasteiger partial charge in [0.05, 0.1) is 13.2 Å². The van der Waals surface area contributed by atoms with Crippen molar-refractivity contribution in [1.82, 2.24) is 5.32 Å². The molecule has 0 saturated heterocycles. The minimum Gasteiger partial charge on any atom is -0.497 e. The molecule has 0 bridgehead atoms. The SMILES string of the molecule is COc1ccc(C(NC(C)CCO)c2ccc(F)cc2)cc1. The largest absolute Gasteiger partial charge is 0.497 e. The van der Waals surface area contributed by atoms with E-state index in [0.717, 1.165) is 16.9 Å². The summed E-state index contributed by atoms with van der Waals surface area (Å²) < 4.78 is 18.4. The third kappa shape index (κ3) is 4.29. The van der Waals surface area contributed by atoms with Crippen LogP contribution in [0.25, 0.3) is 0 Å². The normalized spacial score (nSPS) is 13.6. The van der Waals surface area contributed by atoms with Gasteiger partial charge in [-0.2, -0.15) is 0 Å². The van der Waals surface area contributed by atoms with Crippen molar-refractivity contribution >= 4 is 0 Å². The van der Waals surface area contributed by atoms with Gasteiger partial charge in [-0.3, -0.25) is 0 Å². The Kier molecular flexibility index (Phi) is 5.92. The Morgan fingerprint density at radius 1 is 1.05 bits per heavy atom. The Morgan fingerprint density at radius 2 is 1.59 bits per heavy atom. The number of halogens is 1. The monoisotopic (exact) mass is 303 g/mol. The average molecular weight is 303 g/mol. The maximum Gasteiger partial charge on any atom is 0.123 e. The van der Waals surface area contributed by atoms with Gasteiger partial charge in [0.2, 0.25) is 0 Å². The van der Waals surface area contributed by atoms with Crippen molar-refractivity contribution in [1.29, 1.82) is 0 Å². The first kappa shape index (κ1) is 16.5. The van der Waals surface area contributed by atoms with Crippen LogP contribution in [0, 0.1) is 5.82 Å².